The minimum atomic E-state index is -1.04. The predicted octanol–water partition coefficient (Wildman–Crippen LogP) is 1.02. The number of carbonyl (C=O) groups excluding carboxylic acids is 1. The van der Waals surface area contributed by atoms with Gasteiger partial charge in [-0.2, -0.15) is 0 Å². The van der Waals surface area contributed by atoms with Gasteiger partial charge in [0.25, 0.3) is 0 Å². The summed E-state index contributed by atoms with van der Waals surface area (Å²) in [4.78, 5) is 23.1. The second kappa shape index (κ2) is 8.39. The first kappa shape index (κ1) is 17.1. The maximum atomic E-state index is 12.0. The van der Waals surface area contributed by atoms with E-state index >= 15 is 0 Å². The Bertz CT molecular complexity index is 503. The molecule has 1 rings (SSSR count). The number of carboxylic acid groups (broad SMARTS) is 1. The number of aliphatic carboxylic acids is 1. The number of amides is 1. The number of benzene rings is 1. The van der Waals surface area contributed by atoms with Crippen LogP contribution in [0.1, 0.15) is 24.0 Å². The lowest BCUT2D eigenvalue weighted by Gasteiger charge is -2.15. The van der Waals surface area contributed by atoms with Crippen LogP contribution in [-0.2, 0) is 9.59 Å². The van der Waals surface area contributed by atoms with E-state index in [-0.39, 0.29) is 12.3 Å². The van der Waals surface area contributed by atoms with E-state index in [0.29, 0.717) is 25.2 Å². The van der Waals surface area contributed by atoms with Gasteiger partial charge in [0.2, 0.25) is 5.91 Å². The van der Waals surface area contributed by atoms with Gasteiger partial charge in [-0.3, -0.25) is 9.59 Å². The molecule has 0 bridgehead atoms. The second-order valence-electron chi connectivity index (χ2n) is 4.99. The molecule has 6 heteroatoms. The number of nitrogens with two attached hydrogens (primary N) is 1. The average molecular weight is 293 g/mol. The van der Waals surface area contributed by atoms with E-state index in [1.807, 2.05) is 26.0 Å². The van der Waals surface area contributed by atoms with E-state index in [1.54, 1.807) is 6.07 Å². The van der Waals surface area contributed by atoms with E-state index in [2.05, 4.69) is 10.6 Å². The van der Waals surface area contributed by atoms with Crippen molar-refractivity contribution in [3.05, 3.63) is 29.3 Å². The fraction of sp³-hybridized carbons (Fsp3) is 0.467. The van der Waals surface area contributed by atoms with Crippen molar-refractivity contribution in [3.8, 4) is 0 Å². The smallest absolute Gasteiger partial charge is 0.321 e. The Kier molecular flexibility index (Phi) is 6.84. The summed E-state index contributed by atoms with van der Waals surface area (Å²) in [6.07, 6.45) is 0.551. The lowest BCUT2D eigenvalue weighted by atomic mass is 10.1. The van der Waals surface area contributed by atoms with Crippen LogP contribution in [0.2, 0.25) is 0 Å². The van der Waals surface area contributed by atoms with Crippen LogP contribution in [0.3, 0.4) is 0 Å². The second-order valence-corrected chi connectivity index (χ2v) is 4.99. The zero-order valence-corrected chi connectivity index (χ0v) is 12.5. The number of hydrogen-bond donors (Lipinski definition) is 4. The third-order valence-corrected chi connectivity index (χ3v) is 3.34. The van der Waals surface area contributed by atoms with Crippen molar-refractivity contribution in [1.29, 1.82) is 0 Å². The Morgan fingerprint density at radius 3 is 2.67 bits per heavy atom. The Labute approximate surface area is 124 Å². The predicted molar refractivity (Wildman–Crippen MR) is 82.3 cm³/mol. The number of nitrogens with one attached hydrogen (secondary N) is 2. The number of anilines is 1. The summed E-state index contributed by atoms with van der Waals surface area (Å²) in [6.45, 7) is 4.83. The first-order valence-electron chi connectivity index (χ1n) is 6.98. The molecule has 5 N–H and O–H groups in total. The molecule has 0 spiro atoms. The molecular weight excluding hydrogens is 270 g/mol. The minimum absolute atomic E-state index is 0.118. The molecule has 0 saturated carbocycles. The largest absolute Gasteiger partial charge is 0.480 e. The summed E-state index contributed by atoms with van der Waals surface area (Å²) in [5, 5.41) is 14.7. The van der Waals surface area contributed by atoms with E-state index in [1.165, 1.54) is 0 Å². The number of aryl methyl sites for hydroxylation is 1. The van der Waals surface area contributed by atoms with Crippen molar-refractivity contribution in [3.63, 3.8) is 0 Å². The maximum Gasteiger partial charge on any atom is 0.321 e. The van der Waals surface area contributed by atoms with Crippen LogP contribution in [0, 0.1) is 13.8 Å². The fourth-order valence-corrected chi connectivity index (χ4v) is 1.90. The van der Waals surface area contributed by atoms with E-state index in [4.69, 9.17) is 10.8 Å². The number of carbonyl (C=O) groups is 2. The molecule has 6 nitrogen and oxygen atoms in total. The van der Waals surface area contributed by atoms with Gasteiger partial charge in [-0.25, -0.2) is 0 Å². The summed E-state index contributed by atoms with van der Waals surface area (Å²) in [5.74, 6) is -1.36. The van der Waals surface area contributed by atoms with Gasteiger partial charge in [0.15, 0.2) is 0 Å². The topological polar surface area (TPSA) is 104 Å². The summed E-state index contributed by atoms with van der Waals surface area (Å²) in [5.41, 5.74) is 8.13. The first-order valence-corrected chi connectivity index (χ1v) is 6.98. The Morgan fingerprint density at radius 2 is 2.05 bits per heavy atom. The van der Waals surface area contributed by atoms with Crippen LogP contribution in [0.4, 0.5) is 5.69 Å². The minimum Gasteiger partial charge on any atom is -0.480 e. The van der Waals surface area contributed by atoms with Crippen LogP contribution >= 0.6 is 0 Å². The Hall–Kier alpha value is -1.92. The molecule has 21 heavy (non-hydrogen) atoms. The molecule has 0 aliphatic rings. The van der Waals surface area contributed by atoms with Gasteiger partial charge in [0.05, 0.1) is 6.42 Å². The first-order chi connectivity index (χ1) is 9.95. The zero-order valence-electron chi connectivity index (χ0n) is 12.5. The van der Waals surface area contributed by atoms with Gasteiger partial charge in [0, 0.05) is 5.69 Å². The number of rotatable bonds is 8. The lowest BCUT2D eigenvalue weighted by Crippen LogP contribution is -2.40. The highest BCUT2D eigenvalue weighted by molar-refractivity contribution is 5.94. The number of carboxylic acids is 1. The van der Waals surface area contributed by atoms with E-state index < -0.39 is 12.0 Å². The molecule has 0 aliphatic carbocycles. The van der Waals surface area contributed by atoms with Crippen LogP contribution < -0.4 is 16.4 Å². The molecular formula is C15H23N3O3. The van der Waals surface area contributed by atoms with Crippen LogP contribution in [0.15, 0.2) is 18.2 Å². The van der Waals surface area contributed by atoms with Crippen molar-refractivity contribution in [2.45, 2.75) is 32.7 Å². The van der Waals surface area contributed by atoms with Gasteiger partial charge in [-0.1, -0.05) is 12.1 Å². The molecule has 0 saturated heterocycles. The maximum absolute atomic E-state index is 12.0. The molecule has 0 unspecified atom stereocenters. The molecule has 1 aromatic carbocycles. The molecule has 1 aromatic rings. The van der Waals surface area contributed by atoms with Crippen LogP contribution in [0.5, 0.6) is 0 Å². The quantitative estimate of drug-likeness (QED) is 0.536. The van der Waals surface area contributed by atoms with E-state index in [0.717, 1.165) is 11.1 Å². The highest BCUT2D eigenvalue weighted by atomic mass is 16.4. The normalized spacial score (nSPS) is 12.0. The molecule has 116 valence electrons. The van der Waals surface area contributed by atoms with Crippen LogP contribution in [-0.4, -0.2) is 36.1 Å². The van der Waals surface area contributed by atoms with Crippen LogP contribution in [0.25, 0.3) is 0 Å². The molecule has 0 aromatic heterocycles. The van der Waals surface area contributed by atoms with Gasteiger partial charge >= 0.3 is 5.97 Å². The summed E-state index contributed by atoms with van der Waals surface area (Å²) in [7, 11) is 0. The van der Waals surface area contributed by atoms with Crippen molar-refractivity contribution in [2.75, 3.05) is 18.4 Å². The lowest BCUT2D eigenvalue weighted by molar-refractivity contribution is -0.141. The van der Waals surface area contributed by atoms with Gasteiger partial charge in [-0.15, -0.1) is 0 Å². The average Bonchev–Trinajstić information content (AvgIpc) is 2.43. The molecule has 0 aliphatic heterocycles. The summed E-state index contributed by atoms with van der Waals surface area (Å²) >= 11 is 0. The molecule has 0 fully saturated rings. The Balaban J connectivity index is 2.61. The summed E-state index contributed by atoms with van der Waals surface area (Å²) < 4.78 is 0. The SMILES string of the molecule is Cc1cccc(NC(=O)C[C@@H](NCCCN)C(=O)O)c1C. The molecule has 1 amide bonds. The fourth-order valence-electron chi connectivity index (χ4n) is 1.90. The highest BCUT2D eigenvalue weighted by Gasteiger charge is 2.20. The molecule has 0 radical (unpaired) electrons. The third kappa shape index (κ3) is 5.53. The van der Waals surface area contributed by atoms with E-state index in [9.17, 15) is 9.59 Å². The Morgan fingerprint density at radius 1 is 1.33 bits per heavy atom. The van der Waals surface area contributed by atoms with Gasteiger partial charge in [-0.05, 0) is 50.6 Å². The number of hydrogen-bond acceptors (Lipinski definition) is 4. The van der Waals surface area contributed by atoms with Crippen molar-refractivity contribution in [1.82, 2.24) is 5.32 Å². The highest BCUT2D eigenvalue weighted by Crippen LogP contribution is 2.18. The van der Waals surface area contributed by atoms with Gasteiger partial charge in [0.1, 0.15) is 6.04 Å². The molecule has 0 heterocycles. The standard InChI is InChI=1S/C15H23N3O3/c1-10-5-3-6-12(11(10)2)18-14(19)9-13(15(20)21)17-8-4-7-16/h3,5-6,13,17H,4,7-9,16H2,1-2H3,(H,18,19)(H,20,21)/t13-/m1/s1. The van der Waals surface area contributed by atoms with Crippen molar-refractivity contribution >= 4 is 17.6 Å². The van der Waals surface area contributed by atoms with Crippen molar-refractivity contribution < 1.29 is 14.7 Å². The molecule has 1 atom stereocenters. The summed E-state index contributed by atoms with van der Waals surface area (Å²) in [6, 6.07) is 4.71. The van der Waals surface area contributed by atoms with Crippen molar-refractivity contribution in [2.24, 2.45) is 5.73 Å². The zero-order chi connectivity index (χ0) is 15.8. The third-order valence-electron chi connectivity index (χ3n) is 3.34. The van der Waals surface area contributed by atoms with Gasteiger partial charge < -0.3 is 21.5 Å². The monoisotopic (exact) mass is 293 g/mol.